The van der Waals surface area contributed by atoms with Gasteiger partial charge in [-0.2, -0.15) is 0 Å². The van der Waals surface area contributed by atoms with E-state index in [0.717, 1.165) is 18.5 Å². The average molecular weight is 330 g/mol. The third-order valence-corrected chi connectivity index (χ3v) is 4.36. The van der Waals surface area contributed by atoms with Gasteiger partial charge in [-0.3, -0.25) is 4.79 Å². The number of para-hydroxylation sites is 1. The van der Waals surface area contributed by atoms with E-state index in [-0.39, 0.29) is 5.82 Å². The minimum absolute atomic E-state index is 0.0577. The van der Waals surface area contributed by atoms with Gasteiger partial charge in [0.05, 0.1) is 17.8 Å². The van der Waals surface area contributed by atoms with Gasteiger partial charge in [0.2, 0.25) is 5.82 Å². The second-order valence-corrected chi connectivity index (χ2v) is 6.15. The number of benzene rings is 1. The van der Waals surface area contributed by atoms with E-state index in [1.807, 2.05) is 30.3 Å². The first-order chi connectivity index (χ1) is 11.6. The third kappa shape index (κ3) is 3.47. The molecule has 1 saturated carbocycles. The average Bonchev–Trinajstić information content (AvgIpc) is 2.92. The number of aryl methyl sites for hydroxylation is 1. The molecule has 0 unspecified atom stereocenters. The van der Waals surface area contributed by atoms with Crippen LogP contribution in [0.1, 0.15) is 42.1 Å². The van der Waals surface area contributed by atoms with Crippen LogP contribution in [0.25, 0.3) is 5.69 Å². The van der Waals surface area contributed by atoms with Crippen molar-refractivity contribution in [1.29, 1.82) is 0 Å². The Morgan fingerprint density at radius 1 is 1.21 bits per heavy atom. The number of hydrogen-bond acceptors (Lipinski definition) is 5. The van der Waals surface area contributed by atoms with Crippen molar-refractivity contribution in [2.75, 3.05) is 0 Å². The number of aromatic nitrogens is 3. The monoisotopic (exact) mass is 330 g/mol. The van der Waals surface area contributed by atoms with Crippen molar-refractivity contribution in [1.82, 2.24) is 20.1 Å². The number of amides is 1. The van der Waals surface area contributed by atoms with Crippen molar-refractivity contribution in [3.05, 3.63) is 42.0 Å². The van der Waals surface area contributed by atoms with Crippen LogP contribution in [0.3, 0.4) is 0 Å². The van der Waals surface area contributed by atoms with Crippen molar-refractivity contribution in [3.8, 4) is 5.69 Å². The topological polar surface area (TPSA) is 100 Å². The highest BCUT2D eigenvalue weighted by molar-refractivity contribution is 5.90. The number of nitrogens with zero attached hydrogens (tertiary/aromatic N) is 3. The van der Waals surface area contributed by atoms with E-state index in [9.17, 15) is 15.0 Å². The largest absolute Gasteiger partial charge is 0.390 e. The standard InChI is InChI=1S/C17H22N4O3/c1-11-18-16(20-21(11)12-7-3-2-4-8-12)17(24)19-13-9-5-6-10-14(22)15(13)23/h2-4,7-8,13-15,22-23H,5-6,9-10H2,1H3,(H,19,24)/t13-,14-,15-/m1/s1. The molecule has 1 fully saturated rings. The molecular weight excluding hydrogens is 308 g/mol. The number of rotatable bonds is 3. The van der Waals surface area contributed by atoms with Gasteiger partial charge < -0.3 is 15.5 Å². The van der Waals surface area contributed by atoms with Crippen molar-refractivity contribution >= 4 is 5.91 Å². The highest BCUT2D eigenvalue weighted by atomic mass is 16.3. The van der Waals surface area contributed by atoms with Crippen LogP contribution in [0.2, 0.25) is 0 Å². The Balaban J connectivity index is 1.76. The van der Waals surface area contributed by atoms with E-state index < -0.39 is 24.2 Å². The van der Waals surface area contributed by atoms with Gasteiger partial charge in [-0.05, 0) is 31.9 Å². The fraction of sp³-hybridized carbons (Fsp3) is 0.471. The second kappa shape index (κ2) is 7.11. The smallest absolute Gasteiger partial charge is 0.291 e. The molecule has 3 N–H and O–H groups in total. The summed E-state index contributed by atoms with van der Waals surface area (Å²) < 4.78 is 1.60. The molecule has 7 heteroatoms. The molecular formula is C17H22N4O3. The number of aliphatic hydroxyl groups is 2. The maximum absolute atomic E-state index is 12.4. The first-order valence-electron chi connectivity index (χ1n) is 8.22. The summed E-state index contributed by atoms with van der Waals surface area (Å²) in [5.41, 5.74) is 0.825. The number of aliphatic hydroxyl groups excluding tert-OH is 2. The molecule has 1 aromatic heterocycles. The minimum atomic E-state index is -0.964. The van der Waals surface area contributed by atoms with Crippen molar-refractivity contribution in [2.24, 2.45) is 0 Å². The van der Waals surface area contributed by atoms with Gasteiger partial charge in [0, 0.05) is 0 Å². The molecule has 1 aliphatic carbocycles. The van der Waals surface area contributed by atoms with Crippen LogP contribution >= 0.6 is 0 Å². The van der Waals surface area contributed by atoms with Crippen molar-refractivity contribution in [3.63, 3.8) is 0 Å². The summed E-state index contributed by atoms with van der Waals surface area (Å²) in [6.07, 6.45) is 1.09. The zero-order chi connectivity index (χ0) is 17.1. The molecule has 2 aromatic rings. The Hall–Kier alpha value is -2.25. The maximum Gasteiger partial charge on any atom is 0.291 e. The molecule has 3 atom stereocenters. The van der Waals surface area contributed by atoms with Crippen LogP contribution in [-0.4, -0.2) is 49.1 Å². The van der Waals surface area contributed by atoms with Crippen LogP contribution in [0, 0.1) is 6.92 Å². The highest BCUT2D eigenvalue weighted by Gasteiger charge is 2.30. The van der Waals surface area contributed by atoms with E-state index in [1.165, 1.54) is 0 Å². The van der Waals surface area contributed by atoms with Gasteiger partial charge in [0.1, 0.15) is 11.9 Å². The number of nitrogens with one attached hydrogen (secondary N) is 1. The van der Waals surface area contributed by atoms with E-state index >= 15 is 0 Å². The van der Waals surface area contributed by atoms with E-state index in [4.69, 9.17) is 0 Å². The predicted molar refractivity (Wildman–Crippen MR) is 87.8 cm³/mol. The fourth-order valence-corrected chi connectivity index (χ4v) is 3.02. The molecule has 0 spiro atoms. The van der Waals surface area contributed by atoms with Crippen LogP contribution in [0.4, 0.5) is 0 Å². The molecule has 1 heterocycles. The predicted octanol–water partition coefficient (Wildman–Crippen LogP) is 0.970. The Bertz CT molecular complexity index is 701. The summed E-state index contributed by atoms with van der Waals surface area (Å²) in [6, 6.07) is 8.96. The molecule has 1 aromatic carbocycles. The SMILES string of the molecule is Cc1nc(C(=O)N[C@@H]2CCCC[C@@H](O)[C@@H]2O)nn1-c1ccccc1. The van der Waals surface area contributed by atoms with Crippen LogP contribution < -0.4 is 5.32 Å². The Morgan fingerprint density at radius 2 is 1.92 bits per heavy atom. The minimum Gasteiger partial charge on any atom is -0.390 e. The maximum atomic E-state index is 12.4. The molecule has 7 nitrogen and oxygen atoms in total. The number of hydrogen-bond donors (Lipinski definition) is 3. The van der Waals surface area contributed by atoms with Gasteiger partial charge in [0.25, 0.3) is 5.91 Å². The molecule has 24 heavy (non-hydrogen) atoms. The molecule has 1 aliphatic rings. The zero-order valence-electron chi connectivity index (χ0n) is 13.6. The summed E-state index contributed by atoms with van der Waals surface area (Å²) in [5.74, 6) is 0.223. The Labute approximate surface area is 140 Å². The molecule has 0 radical (unpaired) electrons. The van der Waals surface area contributed by atoms with Gasteiger partial charge in [-0.25, -0.2) is 9.67 Å². The van der Waals surface area contributed by atoms with Gasteiger partial charge in [0.15, 0.2) is 0 Å². The zero-order valence-corrected chi connectivity index (χ0v) is 13.6. The van der Waals surface area contributed by atoms with E-state index in [2.05, 4.69) is 15.4 Å². The summed E-state index contributed by atoms with van der Waals surface area (Å²) in [6.45, 7) is 1.78. The highest BCUT2D eigenvalue weighted by Crippen LogP contribution is 2.19. The summed E-state index contributed by atoms with van der Waals surface area (Å²) >= 11 is 0. The lowest BCUT2D eigenvalue weighted by Crippen LogP contribution is -2.47. The van der Waals surface area contributed by atoms with Gasteiger partial charge >= 0.3 is 0 Å². The first-order valence-corrected chi connectivity index (χ1v) is 8.22. The summed E-state index contributed by atoms with van der Waals surface area (Å²) in [4.78, 5) is 16.6. The van der Waals surface area contributed by atoms with Crippen LogP contribution in [0.5, 0.6) is 0 Å². The first kappa shape index (κ1) is 16.6. The molecule has 1 amide bonds. The van der Waals surface area contributed by atoms with E-state index in [0.29, 0.717) is 18.7 Å². The third-order valence-electron chi connectivity index (χ3n) is 4.36. The van der Waals surface area contributed by atoms with Crippen molar-refractivity contribution in [2.45, 2.75) is 50.9 Å². The quantitative estimate of drug-likeness (QED) is 0.728. The lowest BCUT2D eigenvalue weighted by Gasteiger charge is -2.24. The fourth-order valence-electron chi connectivity index (χ4n) is 3.02. The molecule has 0 aliphatic heterocycles. The normalized spacial score (nSPS) is 24.4. The van der Waals surface area contributed by atoms with Crippen molar-refractivity contribution < 1.29 is 15.0 Å². The van der Waals surface area contributed by atoms with Crippen LogP contribution in [-0.2, 0) is 0 Å². The number of carbonyl (C=O) groups is 1. The summed E-state index contributed by atoms with van der Waals surface area (Å²) in [5, 5.41) is 27.0. The van der Waals surface area contributed by atoms with Gasteiger partial charge in [-0.1, -0.05) is 31.0 Å². The van der Waals surface area contributed by atoms with E-state index in [1.54, 1.807) is 11.6 Å². The lowest BCUT2D eigenvalue weighted by molar-refractivity contribution is -0.00133. The Morgan fingerprint density at radius 3 is 2.67 bits per heavy atom. The lowest BCUT2D eigenvalue weighted by atomic mass is 10.0. The molecule has 3 rings (SSSR count). The summed E-state index contributed by atoms with van der Waals surface area (Å²) in [7, 11) is 0. The number of carbonyl (C=O) groups excluding carboxylic acids is 1. The second-order valence-electron chi connectivity index (χ2n) is 6.15. The molecule has 0 saturated heterocycles. The Kier molecular flexibility index (Phi) is 4.92. The molecule has 128 valence electrons. The van der Waals surface area contributed by atoms with Gasteiger partial charge in [-0.15, -0.1) is 5.10 Å². The van der Waals surface area contributed by atoms with Crippen LogP contribution in [0.15, 0.2) is 30.3 Å². The molecule has 0 bridgehead atoms.